The predicted octanol–water partition coefficient (Wildman–Crippen LogP) is 2.09. The minimum atomic E-state index is -1.39. The first-order chi connectivity index (χ1) is 6.49. The Morgan fingerprint density at radius 1 is 1.50 bits per heavy atom. The Bertz CT molecular complexity index is 334. The van der Waals surface area contributed by atoms with Gasteiger partial charge in [-0.25, -0.2) is 4.79 Å². The van der Waals surface area contributed by atoms with Gasteiger partial charge in [-0.15, -0.1) is 0 Å². The molecule has 0 saturated carbocycles. The highest BCUT2D eigenvalue weighted by molar-refractivity contribution is 9.10. The van der Waals surface area contributed by atoms with Crippen molar-refractivity contribution in [1.82, 2.24) is 0 Å². The van der Waals surface area contributed by atoms with E-state index in [4.69, 9.17) is 21.8 Å². The minimum absolute atomic E-state index is 0.0501. The molecule has 14 heavy (non-hydrogen) atoms. The summed E-state index contributed by atoms with van der Waals surface area (Å²) in [4.78, 5) is 10.4. The van der Waals surface area contributed by atoms with E-state index in [9.17, 15) is 4.79 Å². The summed E-state index contributed by atoms with van der Waals surface area (Å²) in [6.07, 6.45) is -1.34. The van der Waals surface area contributed by atoms with Crippen LogP contribution in [-0.2, 0) is 11.2 Å². The van der Waals surface area contributed by atoms with Crippen molar-refractivity contribution in [1.29, 1.82) is 0 Å². The number of hydrogen-bond acceptors (Lipinski definition) is 2. The third-order valence-electron chi connectivity index (χ3n) is 1.64. The fourth-order valence-corrected chi connectivity index (χ4v) is 1.97. The van der Waals surface area contributed by atoms with Gasteiger partial charge in [-0.1, -0.05) is 27.5 Å². The van der Waals surface area contributed by atoms with Gasteiger partial charge in [0.1, 0.15) is 0 Å². The highest BCUT2D eigenvalue weighted by atomic mass is 79.9. The Labute approximate surface area is 94.4 Å². The van der Waals surface area contributed by atoms with Crippen LogP contribution in [0.15, 0.2) is 22.7 Å². The van der Waals surface area contributed by atoms with E-state index in [1.54, 1.807) is 18.2 Å². The highest BCUT2D eigenvalue weighted by Gasteiger charge is 2.13. The van der Waals surface area contributed by atoms with E-state index in [-0.39, 0.29) is 6.42 Å². The summed E-state index contributed by atoms with van der Waals surface area (Å²) in [5, 5.41) is 18.1. The molecular weight excluding hydrogens is 271 g/mol. The van der Waals surface area contributed by atoms with Crippen LogP contribution < -0.4 is 0 Å². The molecule has 3 nitrogen and oxygen atoms in total. The summed E-state index contributed by atoms with van der Waals surface area (Å²) >= 11 is 8.98. The molecule has 0 bridgehead atoms. The number of halogens is 2. The largest absolute Gasteiger partial charge is 0.479 e. The molecule has 1 atom stereocenters. The Morgan fingerprint density at radius 2 is 2.14 bits per heavy atom. The number of aliphatic carboxylic acids is 1. The van der Waals surface area contributed by atoms with Crippen molar-refractivity contribution in [3.05, 3.63) is 33.3 Å². The van der Waals surface area contributed by atoms with E-state index in [0.29, 0.717) is 10.6 Å². The van der Waals surface area contributed by atoms with Crippen LogP contribution in [0.5, 0.6) is 0 Å². The van der Waals surface area contributed by atoms with Crippen LogP contribution in [0.2, 0.25) is 5.02 Å². The van der Waals surface area contributed by atoms with E-state index < -0.39 is 12.1 Å². The maximum Gasteiger partial charge on any atom is 0.332 e. The molecule has 0 saturated heterocycles. The fraction of sp³-hybridized carbons (Fsp3) is 0.222. The lowest BCUT2D eigenvalue weighted by Gasteiger charge is -2.06. The summed E-state index contributed by atoms with van der Waals surface area (Å²) < 4.78 is 0.762. The van der Waals surface area contributed by atoms with Gasteiger partial charge in [-0.05, 0) is 23.8 Å². The standard InChI is InChI=1S/C9H8BrClO3/c10-6-1-5(2-7(11)4-6)3-8(12)9(13)14/h1-2,4,8,12H,3H2,(H,13,14). The molecular formula is C9H8BrClO3. The van der Waals surface area contributed by atoms with Crippen LogP contribution in [0.25, 0.3) is 0 Å². The minimum Gasteiger partial charge on any atom is -0.479 e. The molecule has 1 aromatic carbocycles. The van der Waals surface area contributed by atoms with Crippen LogP contribution in [0.4, 0.5) is 0 Å². The average Bonchev–Trinajstić information content (AvgIpc) is 2.01. The van der Waals surface area contributed by atoms with Gasteiger partial charge in [-0.3, -0.25) is 0 Å². The number of hydrogen-bond donors (Lipinski definition) is 2. The normalized spacial score (nSPS) is 12.5. The van der Waals surface area contributed by atoms with Gasteiger partial charge in [0.15, 0.2) is 6.10 Å². The molecule has 1 rings (SSSR count). The fourth-order valence-electron chi connectivity index (χ4n) is 1.04. The number of benzene rings is 1. The van der Waals surface area contributed by atoms with Crippen molar-refractivity contribution in [2.45, 2.75) is 12.5 Å². The van der Waals surface area contributed by atoms with E-state index in [2.05, 4.69) is 15.9 Å². The van der Waals surface area contributed by atoms with Gasteiger partial charge < -0.3 is 10.2 Å². The van der Waals surface area contributed by atoms with Gasteiger partial charge in [0.2, 0.25) is 0 Å². The number of carboxylic acid groups (broad SMARTS) is 1. The molecule has 0 aliphatic carbocycles. The van der Waals surface area contributed by atoms with Crippen LogP contribution in [0, 0.1) is 0 Å². The zero-order valence-electron chi connectivity index (χ0n) is 7.08. The third-order valence-corrected chi connectivity index (χ3v) is 2.31. The molecule has 0 heterocycles. The van der Waals surface area contributed by atoms with Gasteiger partial charge in [-0.2, -0.15) is 0 Å². The van der Waals surface area contributed by atoms with Gasteiger partial charge in [0, 0.05) is 15.9 Å². The molecule has 1 unspecified atom stereocenters. The number of aliphatic hydroxyl groups is 1. The summed E-state index contributed by atoms with van der Waals surface area (Å²) in [5.41, 5.74) is 0.680. The number of rotatable bonds is 3. The molecule has 0 aliphatic heterocycles. The topological polar surface area (TPSA) is 57.5 Å². The average molecular weight is 280 g/mol. The Morgan fingerprint density at radius 3 is 2.64 bits per heavy atom. The molecule has 0 radical (unpaired) electrons. The van der Waals surface area contributed by atoms with E-state index >= 15 is 0 Å². The van der Waals surface area contributed by atoms with Crippen molar-refractivity contribution in [2.75, 3.05) is 0 Å². The van der Waals surface area contributed by atoms with E-state index in [1.807, 2.05) is 0 Å². The summed E-state index contributed by atoms with van der Waals surface area (Å²) in [7, 11) is 0. The van der Waals surface area contributed by atoms with Crippen molar-refractivity contribution < 1.29 is 15.0 Å². The van der Waals surface area contributed by atoms with Gasteiger partial charge in [0.05, 0.1) is 0 Å². The van der Waals surface area contributed by atoms with Crippen LogP contribution >= 0.6 is 27.5 Å². The second kappa shape index (κ2) is 4.77. The van der Waals surface area contributed by atoms with E-state index in [1.165, 1.54) is 0 Å². The smallest absolute Gasteiger partial charge is 0.332 e. The molecule has 2 N–H and O–H groups in total. The molecule has 0 aliphatic rings. The highest BCUT2D eigenvalue weighted by Crippen LogP contribution is 2.20. The lowest BCUT2D eigenvalue weighted by molar-refractivity contribution is -0.146. The van der Waals surface area contributed by atoms with Crippen molar-refractivity contribution >= 4 is 33.5 Å². The maximum atomic E-state index is 10.4. The van der Waals surface area contributed by atoms with Crippen molar-refractivity contribution in [2.24, 2.45) is 0 Å². The number of aliphatic hydroxyl groups excluding tert-OH is 1. The molecule has 0 amide bonds. The second-order valence-electron chi connectivity index (χ2n) is 2.84. The quantitative estimate of drug-likeness (QED) is 0.891. The molecule has 76 valence electrons. The van der Waals surface area contributed by atoms with Crippen LogP contribution in [0.1, 0.15) is 5.56 Å². The molecule has 1 aromatic rings. The first kappa shape index (κ1) is 11.5. The summed E-state index contributed by atoms with van der Waals surface area (Å²) in [5.74, 6) is -1.24. The Kier molecular flexibility index (Phi) is 3.92. The molecule has 0 aromatic heterocycles. The van der Waals surface area contributed by atoms with Crippen LogP contribution in [0.3, 0.4) is 0 Å². The predicted molar refractivity (Wildman–Crippen MR) is 56.5 cm³/mol. The maximum absolute atomic E-state index is 10.4. The number of carboxylic acids is 1. The Balaban J connectivity index is 2.81. The van der Waals surface area contributed by atoms with Gasteiger partial charge >= 0.3 is 5.97 Å². The second-order valence-corrected chi connectivity index (χ2v) is 4.19. The summed E-state index contributed by atoms with van der Waals surface area (Å²) in [6, 6.07) is 5.04. The molecule has 0 fully saturated rings. The lowest BCUT2D eigenvalue weighted by Crippen LogP contribution is -2.21. The molecule has 0 spiro atoms. The Hall–Kier alpha value is -0.580. The van der Waals surface area contributed by atoms with Gasteiger partial charge in [0.25, 0.3) is 0 Å². The number of carbonyl (C=O) groups is 1. The lowest BCUT2D eigenvalue weighted by atomic mass is 10.1. The van der Waals surface area contributed by atoms with Crippen LogP contribution in [-0.4, -0.2) is 22.3 Å². The first-order valence-electron chi connectivity index (χ1n) is 3.85. The van der Waals surface area contributed by atoms with E-state index in [0.717, 1.165) is 4.47 Å². The van der Waals surface area contributed by atoms with Crippen molar-refractivity contribution in [3.63, 3.8) is 0 Å². The monoisotopic (exact) mass is 278 g/mol. The zero-order chi connectivity index (χ0) is 10.7. The SMILES string of the molecule is O=C(O)C(O)Cc1cc(Cl)cc(Br)c1. The summed E-state index contributed by atoms with van der Waals surface area (Å²) in [6.45, 7) is 0. The zero-order valence-corrected chi connectivity index (χ0v) is 9.42. The third kappa shape index (κ3) is 3.29. The molecule has 5 heteroatoms. The van der Waals surface area contributed by atoms with Crippen molar-refractivity contribution in [3.8, 4) is 0 Å². The first-order valence-corrected chi connectivity index (χ1v) is 5.02.